The second kappa shape index (κ2) is 5.04. The van der Waals surface area contributed by atoms with E-state index in [0.29, 0.717) is 0 Å². The fourth-order valence-electron chi connectivity index (χ4n) is 1.66. The highest BCUT2D eigenvalue weighted by Gasteiger charge is 2.20. The Balaban J connectivity index is 2.46. The van der Waals surface area contributed by atoms with E-state index in [1.54, 1.807) is 0 Å². The fraction of sp³-hybridized carbons (Fsp3) is 0.727. The van der Waals surface area contributed by atoms with Crippen LogP contribution in [0.15, 0.2) is 11.6 Å². The molecule has 0 aromatic heterocycles. The summed E-state index contributed by atoms with van der Waals surface area (Å²) in [6.45, 7) is 6.24. The first-order valence-electron chi connectivity index (χ1n) is 5.01. The molecule has 0 saturated carbocycles. The average Bonchev–Trinajstić information content (AvgIpc) is 2.15. The van der Waals surface area contributed by atoms with Gasteiger partial charge >= 0.3 is 0 Å². The van der Waals surface area contributed by atoms with E-state index >= 15 is 0 Å². The minimum absolute atomic E-state index is 0.157. The second-order valence-corrected chi connectivity index (χ2v) is 3.92. The van der Waals surface area contributed by atoms with Gasteiger partial charge in [0.05, 0.1) is 12.1 Å². The highest BCUT2D eigenvalue weighted by molar-refractivity contribution is 5.00. The van der Waals surface area contributed by atoms with Gasteiger partial charge < -0.3 is 0 Å². The summed E-state index contributed by atoms with van der Waals surface area (Å²) in [6.07, 6.45) is 5.71. The molecule has 0 amide bonds. The van der Waals surface area contributed by atoms with Gasteiger partial charge in [-0.1, -0.05) is 11.6 Å². The number of hydrogen-bond donors (Lipinski definition) is 0. The van der Waals surface area contributed by atoms with Crippen molar-refractivity contribution in [3.05, 3.63) is 11.6 Å². The third-order valence-electron chi connectivity index (χ3n) is 2.50. The van der Waals surface area contributed by atoms with Crippen LogP contribution in [-0.2, 0) is 0 Å². The molecule has 2 nitrogen and oxygen atoms in total. The molecule has 1 unspecified atom stereocenters. The number of allylic oxidation sites excluding steroid dienone is 1. The van der Waals surface area contributed by atoms with Crippen LogP contribution in [0.4, 0.5) is 0 Å². The van der Waals surface area contributed by atoms with Crippen LogP contribution in [0.25, 0.3) is 0 Å². The molecular weight excluding hydrogens is 160 g/mol. The Labute approximate surface area is 80.8 Å². The van der Waals surface area contributed by atoms with E-state index in [-0.39, 0.29) is 6.04 Å². The number of nitrogens with zero attached hydrogens (tertiary/aromatic N) is 2. The summed E-state index contributed by atoms with van der Waals surface area (Å²) in [7, 11) is 0. The summed E-state index contributed by atoms with van der Waals surface area (Å²) in [5, 5.41) is 8.91. The van der Waals surface area contributed by atoms with E-state index < -0.39 is 0 Å². The number of piperidine rings is 1. The minimum Gasteiger partial charge on any atom is -0.284 e. The Morgan fingerprint density at radius 1 is 1.54 bits per heavy atom. The number of hydrogen-bond acceptors (Lipinski definition) is 2. The molecule has 2 heteroatoms. The second-order valence-electron chi connectivity index (χ2n) is 3.92. The van der Waals surface area contributed by atoms with Crippen LogP contribution in [-0.4, -0.2) is 24.0 Å². The highest BCUT2D eigenvalue weighted by Crippen LogP contribution is 2.15. The van der Waals surface area contributed by atoms with E-state index in [2.05, 4.69) is 30.9 Å². The SMILES string of the molecule is CC(C)=CCN1CCCCC1C#N. The molecule has 0 aliphatic carbocycles. The fourth-order valence-corrected chi connectivity index (χ4v) is 1.66. The number of rotatable bonds is 2. The predicted molar refractivity (Wildman–Crippen MR) is 54.3 cm³/mol. The smallest absolute Gasteiger partial charge is 0.0980 e. The predicted octanol–water partition coefficient (Wildman–Crippen LogP) is 2.33. The van der Waals surface area contributed by atoms with E-state index in [1.165, 1.54) is 18.4 Å². The van der Waals surface area contributed by atoms with Gasteiger partial charge in [-0.25, -0.2) is 0 Å². The minimum atomic E-state index is 0.157. The molecule has 1 aliphatic rings. The third-order valence-corrected chi connectivity index (χ3v) is 2.50. The Bertz CT molecular complexity index is 221. The van der Waals surface area contributed by atoms with Gasteiger partial charge in [-0.15, -0.1) is 0 Å². The molecule has 0 bridgehead atoms. The molecule has 1 heterocycles. The summed E-state index contributed by atoms with van der Waals surface area (Å²) in [5.74, 6) is 0. The lowest BCUT2D eigenvalue weighted by Crippen LogP contribution is -2.38. The quantitative estimate of drug-likeness (QED) is 0.607. The summed E-state index contributed by atoms with van der Waals surface area (Å²) in [4.78, 5) is 2.27. The summed E-state index contributed by atoms with van der Waals surface area (Å²) >= 11 is 0. The molecule has 1 rings (SSSR count). The zero-order valence-electron chi connectivity index (χ0n) is 8.58. The molecule has 1 saturated heterocycles. The van der Waals surface area contributed by atoms with Crippen LogP contribution >= 0.6 is 0 Å². The zero-order chi connectivity index (χ0) is 9.68. The van der Waals surface area contributed by atoms with Gasteiger partial charge in [0.2, 0.25) is 0 Å². The topological polar surface area (TPSA) is 27.0 Å². The van der Waals surface area contributed by atoms with Crippen molar-refractivity contribution in [3.63, 3.8) is 0 Å². The van der Waals surface area contributed by atoms with Gasteiger partial charge in [-0.2, -0.15) is 5.26 Å². The molecule has 1 atom stereocenters. The summed E-state index contributed by atoms with van der Waals surface area (Å²) < 4.78 is 0. The van der Waals surface area contributed by atoms with Gasteiger partial charge in [0.1, 0.15) is 0 Å². The third kappa shape index (κ3) is 3.20. The van der Waals surface area contributed by atoms with E-state index in [0.717, 1.165) is 19.5 Å². The summed E-state index contributed by atoms with van der Waals surface area (Å²) in [6, 6.07) is 2.53. The van der Waals surface area contributed by atoms with Gasteiger partial charge in [-0.05, 0) is 39.7 Å². The lowest BCUT2D eigenvalue weighted by molar-refractivity contribution is 0.204. The highest BCUT2D eigenvalue weighted by atomic mass is 15.2. The Hall–Kier alpha value is -0.810. The zero-order valence-corrected chi connectivity index (χ0v) is 8.58. The maximum Gasteiger partial charge on any atom is 0.0980 e. The van der Waals surface area contributed by atoms with Crippen LogP contribution in [0.1, 0.15) is 33.1 Å². The molecule has 13 heavy (non-hydrogen) atoms. The molecule has 1 aliphatic heterocycles. The van der Waals surface area contributed by atoms with Gasteiger partial charge in [0, 0.05) is 6.54 Å². The Kier molecular flexibility index (Phi) is 3.98. The molecule has 0 N–H and O–H groups in total. The first kappa shape index (κ1) is 10.3. The lowest BCUT2D eigenvalue weighted by Gasteiger charge is -2.30. The molecule has 0 aromatic carbocycles. The van der Waals surface area contributed by atoms with Crippen molar-refractivity contribution in [1.29, 1.82) is 5.26 Å². The first-order valence-corrected chi connectivity index (χ1v) is 5.01. The van der Waals surface area contributed by atoms with Gasteiger partial charge in [-0.3, -0.25) is 4.90 Å². The van der Waals surface area contributed by atoms with Crippen molar-refractivity contribution in [1.82, 2.24) is 4.90 Å². The Morgan fingerprint density at radius 3 is 2.92 bits per heavy atom. The van der Waals surface area contributed by atoms with Crippen LogP contribution < -0.4 is 0 Å². The monoisotopic (exact) mass is 178 g/mol. The van der Waals surface area contributed by atoms with Gasteiger partial charge in [0.15, 0.2) is 0 Å². The summed E-state index contributed by atoms with van der Waals surface area (Å²) in [5.41, 5.74) is 1.34. The molecule has 72 valence electrons. The average molecular weight is 178 g/mol. The van der Waals surface area contributed by atoms with Crippen molar-refractivity contribution >= 4 is 0 Å². The van der Waals surface area contributed by atoms with Crippen molar-refractivity contribution < 1.29 is 0 Å². The van der Waals surface area contributed by atoms with Crippen LogP contribution in [0.3, 0.4) is 0 Å². The first-order chi connectivity index (χ1) is 6.24. The number of nitriles is 1. The van der Waals surface area contributed by atoms with Crippen LogP contribution in [0.2, 0.25) is 0 Å². The van der Waals surface area contributed by atoms with Crippen molar-refractivity contribution in [2.24, 2.45) is 0 Å². The standard InChI is InChI=1S/C11H18N2/c1-10(2)6-8-13-7-4-3-5-11(13)9-12/h6,11H,3-5,7-8H2,1-2H3. The molecule has 0 aromatic rings. The van der Waals surface area contributed by atoms with Crippen LogP contribution in [0, 0.1) is 11.3 Å². The Morgan fingerprint density at radius 2 is 2.31 bits per heavy atom. The maximum absolute atomic E-state index is 8.91. The molecule has 0 spiro atoms. The lowest BCUT2D eigenvalue weighted by atomic mass is 10.0. The molecule has 1 fully saturated rings. The van der Waals surface area contributed by atoms with Gasteiger partial charge in [0.25, 0.3) is 0 Å². The number of likely N-dealkylation sites (tertiary alicyclic amines) is 1. The van der Waals surface area contributed by atoms with Crippen molar-refractivity contribution in [2.45, 2.75) is 39.2 Å². The van der Waals surface area contributed by atoms with E-state index in [1.807, 2.05) is 0 Å². The van der Waals surface area contributed by atoms with Crippen LogP contribution in [0.5, 0.6) is 0 Å². The molecule has 0 radical (unpaired) electrons. The van der Waals surface area contributed by atoms with E-state index in [9.17, 15) is 0 Å². The van der Waals surface area contributed by atoms with Crippen molar-refractivity contribution in [2.75, 3.05) is 13.1 Å². The van der Waals surface area contributed by atoms with Crippen molar-refractivity contribution in [3.8, 4) is 6.07 Å². The largest absolute Gasteiger partial charge is 0.284 e. The molecular formula is C11H18N2. The maximum atomic E-state index is 8.91. The normalized spacial score (nSPS) is 23.6. The van der Waals surface area contributed by atoms with E-state index in [4.69, 9.17) is 5.26 Å².